The summed E-state index contributed by atoms with van der Waals surface area (Å²) in [6.45, 7) is 4.03. The molecule has 0 aliphatic carbocycles. The Labute approximate surface area is 40.5 Å². The Kier molecular flexibility index (Phi) is 2.55. The molecule has 0 aromatic carbocycles. The van der Waals surface area contributed by atoms with Crippen molar-refractivity contribution in [3.8, 4) is 0 Å². The summed E-state index contributed by atoms with van der Waals surface area (Å²) in [5.74, 6) is 0. The molecule has 0 unspecified atom stereocenters. The SMILES string of the molecule is C/C=C(/C)NC.[HH]. The number of hydrogen-bond acceptors (Lipinski definition) is 1. The summed E-state index contributed by atoms with van der Waals surface area (Å²) in [6, 6.07) is 0. The normalized spacial score (nSPS) is 11.5. The van der Waals surface area contributed by atoms with Crippen molar-refractivity contribution in [1.82, 2.24) is 5.32 Å². The van der Waals surface area contributed by atoms with Gasteiger partial charge in [-0.2, -0.15) is 0 Å². The van der Waals surface area contributed by atoms with Gasteiger partial charge < -0.3 is 5.32 Å². The van der Waals surface area contributed by atoms with Gasteiger partial charge >= 0.3 is 0 Å². The molecule has 0 aromatic rings. The molecule has 1 N–H and O–H groups in total. The van der Waals surface area contributed by atoms with Gasteiger partial charge in [-0.15, -0.1) is 0 Å². The molecule has 0 aliphatic heterocycles. The maximum Gasteiger partial charge on any atom is 0.00300 e. The first kappa shape index (κ1) is 5.54. The van der Waals surface area contributed by atoms with Crippen LogP contribution in [-0.4, -0.2) is 7.05 Å². The molecule has 0 aromatic heterocycles. The summed E-state index contributed by atoms with van der Waals surface area (Å²) < 4.78 is 0. The lowest BCUT2D eigenvalue weighted by atomic mass is 10.5. The lowest BCUT2D eigenvalue weighted by Crippen LogP contribution is -1.99. The Bertz CT molecular complexity index is 59.1. The lowest BCUT2D eigenvalue weighted by molar-refractivity contribution is 0.985. The number of hydrogen-bond donors (Lipinski definition) is 1. The van der Waals surface area contributed by atoms with Crippen molar-refractivity contribution in [2.75, 3.05) is 7.05 Å². The predicted octanol–water partition coefficient (Wildman–Crippen LogP) is 1.38. The molecule has 0 rings (SSSR count). The number of allylic oxidation sites excluding steroid dienone is 2. The molecule has 38 valence electrons. The van der Waals surface area contributed by atoms with Crippen molar-refractivity contribution < 1.29 is 1.43 Å². The van der Waals surface area contributed by atoms with Crippen molar-refractivity contribution in [3.05, 3.63) is 11.8 Å². The molecule has 0 amide bonds. The van der Waals surface area contributed by atoms with Crippen LogP contribution < -0.4 is 5.32 Å². The van der Waals surface area contributed by atoms with Gasteiger partial charge in [-0.1, -0.05) is 6.08 Å². The molecular formula is C5H13N. The van der Waals surface area contributed by atoms with E-state index < -0.39 is 0 Å². The summed E-state index contributed by atoms with van der Waals surface area (Å²) >= 11 is 0. The van der Waals surface area contributed by atoms with Gasteiger partial charge in [0.2, 0.25) is 0 Å². The third kappa shape index (κ3) is 1.82. The van der Waals surface area contributed by atoms with E-state index in [1.165, 1.54) is 5.70 Å². The highest BCUT2D eigenvalue weighted by atomic mass is 14.8. The lowest BCUT2D eigenvalue weighted by Gasteiger charge is -1.91. The smallest absolute Gasteiger partial charge is 0.00300 e. The van der Waals surface area contributed by atoms with E-state index in [1.807, 2.05) is 27.0 Å². The molecule has 6 heavy (non-hydrogen) atoms. The zero-order valence-electron chi connectivity index (χ0n) is 4.58. The topological polar surface area (TPSA) is 12.0 Å². The maximum atomic E-state index is 2.98. The Hall–Kier alpha value is -0.460. The monoisotopic (exact) mass is 87.1 g/mol. The second kappa shape index (κ2) is 2.76. The van der Waals surface area contributed by atoms with Crippen molar-refractivity contribution in [2.45, 2.75) is 13.8 Å². The van der Waals surface area contributed by atoms with Crippen LogP contribution in [0.4, 0.5) is 0 Å². The first-order valence-electron chi connectivity index (χ1n) is 2.12. The van der Waals surface area contributed by atoms with Gasteiger partial charge in [0.15, 0.2) is 0 Å². The van der Waals surface area contributed by atoms with Crippen LogP contribution in [-0.2, 0) is 0 Å². The van der Waals surface area contributed by atoms with Gasteiger partial charge in [0, 0.05) is 14.2 Å². The van der Waals surface area contributed by atoms with Gasteiger partial charge in [0.25, 0.3) is 0 Å². The third-order valence-electron chi connectivity index (χ3n) is 0.827. The van der Waals surface area contributed by atoms with E-state index in [9.17, 15) is 0 Å². The maximum absolute atomic E-state index is 2.98. The van der Waals surface area contributed by atoms with Crippen LogP contribution in [0.5, 0.6) is 0 Å². The highest BCUT2D eigenvalue weighted by molar-refractivity contribution is 4.90. The highest BCUT2D eigenvalue weighted by Crippen LogP contribution is 1.78. The zero-order valence-corrected chi connectivity index (χ0v) is 4.58. The molecule has 0 bridgehead atoms. The van der Waals surface area contributed by atoms with Crippen LogP contribution in [0, 0.1) is 0 Å². The van der Waals surface area contributed by atoms with Gasteiger partial charge in [-0.05, 0) is 13.8 Å². The van der Waals surface area contributed by atoms with E-state index in [4.69, 9.17) is 0 Å². The standard InChI is InChI=1S/C5H11N.H2/c1-4-5(2)6-3;/h4,6H,1-3H3;1H/b5-4-;. The third-order valence-corrected chi connectivity index (χ3v) is 0.827. The van der Waals surface area contributed by atoms with Crippen molar-refractivity contribution >= 4 is 0 Å². The fourth-order valence-electron chi connectivity index (χ4n) is 0.144. The molecular weight excluding hydrogens is 74.1 g/mol. The van der Waals surface area contributed by atoms with Crippen LogP contribution in [0.25, 0.3) is 0 Å². The van der Waals surface area contributed by atoms with E-state index in [0.29, 0.717) is 0 Å². The number of nitrogens with one attached hydrogen (secondary N) is 1. The summed E-state index contributed by atoms with van der Waals surface area (Å²) in [5.41, 5.74) is 1.22. The van der Waals surface area contributed by atoms with Crippen LogP contribution in [0.3, 0.4) is 0 Å². The number of rotatable bonds is 1. The van der Waals surface area contributed by atoms with Crippen molar-refractivity contribution in [1.29, 1.82) is 0 Å². The van der Waals surface area contributed by atoms with Crippen LogP contribution >= 0.6 is 0 Å². The molecule has 0 spiro atoms. The second-order valence-corrected chi connectivity index (χ2v) is 1.22. The Morgan fingerprint density at radius 3 is 2.33 bits per heavy atom. The van der Waals surface area contributed by atoms with E-state index in [-0.39, 0.29) is 1.43 Å². The van der Waals surface area contributed by atoms with E-state index in [2.05, 4.69) is 5.32 Å². The Morgan fingerprint density at radius 2 is 2.33 bits per heavy atom. The fraction of sp³-hybridized carbons (Fsp3) is 0.600. The van der Waals surface area contributed by atoms with Crippen LogP contribution in [0.1, 0.15) is 15.3 Å². The largest absolute Gasteiger partial charge is 0.392 e. The van der Waals surface area contributed by atoms with Gasteiger partial charge in [-0.3, -0.25) is 0 Å². The minimum absolute atomic E-state index is 0. The highest BCUT2D eigenvalue weighted by Gasteiger charge is 1.69. The van der Waals surface area contributed by atoms with Crippen LogP contribution in [0.2, 0.25) is 0 Å². The van der Waals surface area contributed by atoms with E-state index in [0.717, 1.165) is 0 Å². The summed E-state index contributed by atoms with van der Waals surface area (Å²) in [7, 11) is 1.91. The summed E-state index contributed by atoms with van der Waals surface area (Å²) in [5, 5.41) is 2.98. The molecule has 1 heteroatoms. The van der Waals surface area contributed by atoms with Gasteiger partial charge in [0.05, 0.1) is 0 Å². The average Bonchev–Trinajstić information content (AvgIpc) is 1.65. The quantitative estimate of drug-likeness (QED) is 0.509. The molecule has 0 atom stereocenters. The molecule has 1 nitrogen and oxygen atoms in total. The van der Waals surface area contributed by atoms with Crippen LogP contribution in [0.15, 0.2) is 11.8 Å². The molecule has 0 heterocycles. The first-order chi connectivity index (χ1) is 2.81. The molecule has 0 saturated heterocycles. The predicted molar refractivity (Wildman–Crippen MR) is 30.6 cm³/mol. The minimum atomic E-state index is 0. The van der Waals surface area contributed by atoms with E-state index >= 15 is 0 Å². The van der Waals surface area contributed by atoms with Crippen molar-refractivity contribution in [3.63, 3.8) is 0 Å². The van der Waals surface area contributed by atoms with E-state index in [1.54, 1.807) is 0 Å². The van der Waals surface area contributed by atoms with Gasteiger partial charge in [-0.25, -0.2) is 0 Å². The molecule has 0 aliphatic rings. The van der Waals surface area contributed by atoms with Crippen molar-refractivity contribution in [2.24, 2.45) is 0 Å². The molecule has 0 saturated carbocycles. The minimum Gasteiger partial charge on any atom is -0.392 e. The molecule has 0 radical (unpaired) electrons. The fourth-order valence-corrected chi connectivity index (χ4v) is 0.144. The zero-order chi connectivity index (χ0) is 4.99. The first-order valence-corrected chi connectivity index (χ1v) is 2.12. The Morgan fingerprint density at radius 1 is 1.83 bits per heavy atom. The summed E-state index contributed by atoms with van der Waals surface area (Å²) in [4.78, 5) is 0. The summed E-state index contributed by atoms with van der Waals surface area (Å²) in [6.07, 6.45) is 2.03. The average molecular weight is 87.2 g/mol. The molecule has 0 fully saturated rings. The van der Waals surface area contributed by atoms with Gasteiger partial charge in [0.1, 0.15) is 0 Å². The Balaban J connectivity index is 0. The second-order valence-electron chi connectivity index (χ2n) is 1.22.